The molecule has 0 unspecified atom stereocenters. The maximum Gasteiger partial charge on any atom is 0.305 e. The lowest BCUT2D eigenvalue weighted by atomic mass is 10.4. The third kappa shape index (κ3) is 4.43. The van der Waals surface area contributed by atoms with Gasteiger partial charge < -0.3 is 4.42 Å². The maximum absolute atomic E-state index is 12.2. The highest BCUT2D eigenvalue weighted by Crippen LogP contribution is 2.17. The number of carbonyl (C=O) groups is 2. The molecule has 0 aliphatic carbocycles. The van der Waals surface area contributed by atoms with Gasteiger partial charge in [0.15, 0.2) is 15.6 Å². The van der Waals surface area contributed by atoms with Gasteiger partial charge in [0.05, 0.1) is 4.90 Å². The first kappa shape index (κ1) is 16.8. The van der Waals surface area contributed by atoms with Gasteiger partial charge in [0, 0.05) is 6.42 Å². The molecule has 8 heteroatoms. The molecule has 1 aromatic carbocycles. The van der Waals surface area contributed by atoms with E-state index in [2.05, 4.69) is 10.9 Å². The Bertz CT molecular complexity index is 796. The average molecular weight is 336 g/mol. The molecule has 0 radical (unpaired) electrons. The fourth-order valence-electron chi connectivity index (χ4n) is 1.75. The average Bonchev–Trinajstić information content (AvgIpc) is 3.01. The second-order valence-corrected chi connectivity index (χ2v) is 6.68. The molecular formula is C15H16N2O5S. The highest BCUT2D eigenvalue weighted by molar-refractivity contribution is 7.90. The summed E-state index contributed by atoms with van der Waals surface area (Å²) in [6.45, 7) is 1.64. The lowest BCUT2D eigenvalue weighted by Gasteiger charge is -2.04. The number of furan rings is 1. The molecule has 2 rings (SSSR count). The molecule has 0 fully saturated rings. The largest absolute Gasteiger partial charge is 0.455 e. The summed E-state index contributed by atoms with van der Waals surface area (Å²) < 4.78 is 29.7. The molecule has 0 saturated heterocycles. The first-order valence-electron chi connectivity index (χ1n) is 6.88. The minimum atomic E-state index is -3.55. The Morgan fingerprint density at radius 2 is 1.74 bits per heavy atom. The monoisotopic (exact) mass is 336 g/mol. The summed E-state index contributed by atoms with van der Waals surface area (Å²) in [5.74, 6) is -1.31. The summed E-state index contributed by atoms with van der Waals surface area (Å²) in [7, 11) is -3.55. The van der Waals surface area contributed by atoms with Crippen molar-refractivity contribution in [3.8, 4) is 0 Å². The molecule has 23 heavy (non-hydrogen) atoms. The van der Waals surface area contributed by atoms with Gasteiger partial charge in [-0.2, -0.15) is 0 Å². The number of hydrogen-bond donors (Lipinski definition) is 2. The molecule has 1 heterocycles. The van der Waals surface area contributed by atoms with E-state index in [4.69, 9.17) is 4.42 Å². The van der Waals surface area contributed by atoms with Crippen molar-refractivity contribution in [1.29, 1.82) is 0 Å². The van der Waals surface area contributed by atoms with Crippen molar-refractivity contribution < 1.29 is 22.4 Å². The number of rotatable bonds is 5. The van der Waals surface area contributed by atoms with Crippen molar-refractivity contribution in [2.24, 2.45) is 0 Å². The Labute approximate surface area is 133 Å². The minimum absolute atomic E-state index is 0.0836. The third-order valence-corrected chi connectivity index (χ3v) is 4.61. The van der Waals surface area contributed by atoms with Crippen LogP contribution in [0.5, 0.6) is 0 Å². The highest BCUT2D eigenvalue weighted by atomic mass is 32.2. The minimum Gasteiger partial charge on any atom is -0.455 e. The normalized spacial score (nSPS) is 11.0. The molecule has 7 nitrogen and oxygen atoms in total. The molecule has 122 valence electrons. The van der Waals surface area contributed by atoms with Crippen LogP contribution in [-0.4, -0.2) is 20.2 Å². The Balaban J connectivity index is 2.05. The fourth-order valence-corrected chi connectivity index (χ4v) is 3.02. The fraction of sp³-hybridized carbons (Fsp3) is 0.200. The van der Waals surface area contributed by atoms with E-state index in [1.165, 1.54) is 24.3 Å². The lowest BCUT2D eigenvalue weighted by molar-refractivity contribution is -0.121. The molecule has 1 aromatic heterocycles. The Hall–Kier alpha value is -2.61. The van der Waals surface area contributed by atoms with Crippen LogP contribution in [0.15, 0.2) is 51.8 Å². The van der Waals surface area contributed by atoms with Crippen molar-refractivity contribution in [3.05, 3.63) is 54.0 Å². The standard InChI is InChI=1S/C15H16N2O5S/c1-2-14(18)16-17-15(19)13-9-8-11(22-13)10-23(20,21)12-6-4-3-5-7-12/h3-9H,2,10H2,1H3,(H,16,18)(H,17,19). The van der Waals surface area contributed by atoms with Crippen molar-refractivity contribution >= 4 is 21.7 Å². The zero-order valence-electron chi connectivity index (χ0n) is 12.4. The van der Waals surface area contributed by atoms with E-state index in [1.807, 2.05) is 0 Å². The molecule has 0 saturated carbocycles. The van der Waals surface area contributed by atoms with Crippen LogP contribution in [0, 0.1) is 0 Å². The number of amides is 2. The van der Waals surface area contributed by atoms with E-state index < -0.39 is 15.7 Å². The van der Waals surface area contributed by atoms with E-state index in [0.717, 1.165) is 0 Å². The molecule has 2 aromatic rings. The van der Waals surface area contributed by atoms with Crippen molar-refractivity contribution in [1.82, 2.24) is 10.9 Å². The molecular weight excluding hydrogens is 320 g/mol. The summed E-state index contributed by atoms with van der Waals surface area (Å²) >= 11 is 0. The van der Waals surface area contributed by atoms with Crippen LogP contribution in [-0.2, 0) is 20.4 Å². The molecule has 0 aliphatic rings. The first-order chi connectivity index (χ1) is 10.9. The van der Waals surface area contributed by atoms with Crippen LogP contribution in [0.1, 0.15) is 29.7 Å². The molecule has 2 N–H and O–H groups in total. The van der Waals surface area contributed by atoms with Crippen molar-refractivity contribution in [2.75, 3.05) is 0 Å². The van der Waals surface area contributed by atoms with Gasteiger partial charge >= 0.3 is 5.91 Å². The van der Waals surface area contributed by atoms with Crippen LogP contribution < -0.4 is 10.9 Å². The number of nitrogens with one attached hydrogen (secondary N) is 2. The van der Waals surface area contributed by atoms with E-state index >= 15 is 0 Å². The number of hydrazine groups is 1. The third-order valence-electron chi connectivity index (χ3n) is 2.96. The quantitative estimate of drug-likeness (QED) is 0.804. The summed E-state index contributed by atoms with van der Waals surface area (Å²) in [6.07, 6.45) is 0.221. The summed E-state index contributed by atoms with van der Waals surface area (Å²) in [5.41, 5.74) is 4.37. The van der Waals surface area contributed by atoms with Crippen LogP contribution in [0.25, 0.3) is 0 Å². The molecule has 2 amide bonds. The number of benzene rings is 1. The van der Waals surface area contributed by atoms with E-state index in [1.54, 1.807) is 25.1 Å². The second kappa shape index (κ2) is 7.10. The second-order valence-electron chi connectivity index (χ2n) is 4.69. The summed E-state index contributed by atoms with van der Waals surface area (Å²) in [6, 6.07) is 10.7. The van der Waals surface area contributed by atoms with Gasteiger partial charge in [-0.15, -0.1) is 0 Å². The van der Waals surface area contributed by atoms with E-state index in [0.29, 0.717) is 0 Å². The predicted molar refractivity (Wildman–Crippen MR) is 81.9 cm³/mol. The molecule has 0 bridgehead atoms. The van der Waals surface area contributed by atoms with Crippen LogP contribution >= 0.6 is 0 Å². The summed E-state index contributed by atoms with van der Waals surface area (Å²) in [5, 5.41) is 0. The van der Waals surface area contributed by atoms with Gasteiger partial charge in [-0.3, -0.25) is 20.4 Å². The Morgan fingerprint density at radius 3 is 2.39 bits per heavy atom. The lowest BCUT2D eigenvalue weighted by Crippen LogP contribution is -2.41. The van der Waals surface area contributed by atoms with Crippen molar-refractivity contribution in [3.63, 3.8) is 0 Å². The van der Waals surface area contributed by atoms with E-state index in [-0.39, 0.29) is 34.5 Å². The number of carbonyl (C=O) groups excluding carboxylic acids is 2. The van der Waals surface area contributed by atoms with Crippen LogP contribution in [0.4, 0.5) is 0 Å². The van der Waals surface area contributed by atoms with Crippen LogP contribution in [0.3, 0.4) is 0 Å². The number of hydrogen-bond acceptors (Lipinski definition) is 5. The Morgan fingerprint density at radius 1 is 1.04 bits per heavy atom. The maximum atomic E-state index is 12.2. The van der Waals surface area contributed by atoms with Gasteiger partial charge in [-0.05, 0) is 24.3 Å². The van der Waals surface area contributed by atoms with Gasteiger partial charge in [0.2, 0.25) is 5.91 Å². The Kier molecular flexibility index (Phi) is 5.17. The smallest absolute Gasteiger partial charge is 0.305 e. The van der Waals surface area contributed by atoms with Gasteiger partial charge in [-0.25, -0.2) is 8.42 Å². The zero-order chi connectivity index (χ0) is 16.9. The highest BCUT2D eigenvalue weighted by Gasteiger charge is 2.19. The topological polar surface area (TPSA) is 105 Å². The molecule has 0 spiro atoms. The zero-order valence-corrected chi connectivity index (χ0v) is 13.2. The van der Waals surface area contributed by atoms with Crippen LogP contribution in [0.2, 0.25) is 0 Å². The molecule has 0 aliphatic heterocycles. The predicted octanol–water partition coefficient (Wildman–Crippen LogP) is 1.42. The van der Waals surface area contributed by atoms with Gasteiger partial charge in [0.25, 0.3) is 0 Å². The number of sulfone groups is 1. The molecule has 0 atom stereocenters. The van der Waals surface area contributed by atoms with E-state index in [9.17, 15) is 18.0 Å². The first-order valence-corrected chi connectivity index (χ1v) is 8.53. The van der Waals surface area contributed by atoms with Crippen molar-refractivity contribution in [2.45, 2.75) is 24.0 Å². The van der Waals surface area contributed by atoms with Gasteiger partial charge in [-0.1, -0.05) is 25.1 Å². The SMILES string of the molecule is CCC(=O)NNC(=O)c1ccc(CS(=O)(=O)c2ccccc2)o1. The van der Waals surface area contributed by atoms with Gasteiger partial charge in [0.1, 0.15) is 11.5 Å². The summed E-state index contributed by atoms with van der Waals surface area (Å²) in [4.78, 5) is 23.0.